The molecule has 3 aliphatic rings. The number of hydrogen-bond donors (Lipinski definition) is 11. The third kappa shape index (κ3) is 21.9. The largest absolute Gasteiger partial charge is 0.481 e. The number of carbonyl (C=O) groups is 11. The van der Waals surface area contributed by atoms with Crippen LogP contribution in [0.15, 0.2) is 47.9 Å². The highest BCUT2D eigenvalue weighted by molar-refractivity contribution is 7.98. The lowest BCUT2D eigenvalue weighted by Gasteiger charge is -2.33. The lowest BCUT2D eigenvalue weighted by Crippen LogP contribution is -2.60. The molecule has 5 heterocycles. The number of H-pyrrole nitrogens is 1. The van der Waals surface area contributed by atoms with E-state index in [0.29, 0.717) is 42.0 Å². The van der Waals surface area contributed by atoms with Crippen LogP contribution in [0.1, 0.15) is 122 Å². The highest BCUT2D eigenvalue weighted by atomic mass is 32.2. The summed E-state index contributed by atoms with van der Waals surface area (Å²) >= 11 is 2.68. The van der Waals surface area contributed by atoms with Crippen LogP contribution in [0, 0.1) is 11.8 Å². The number of ketones is 1. The van der Waals surface area contributed by atoms with Crippen LogP contribution in [0.5, 0.6) is 0 Å². The lowest BCUT2D eigenvalue weighted by atomic mass is 9.91. The van der Waals surface area contributed by atoms with Gasteiger partial charge in [-0.3, -0.25) is 57.7 Å². The SMILES string of the molecule is CC[C@@H]1NC(=O)[C@H](Cc2cnc[nH]2)NC(=O)[C@H](Cc2cscn2)NC(=O)[C@H]2CCCN2C(=O)[C@@H](NC(C)(C)C)CCCNC(=O)[C@H](Cc2cccnc2)NC(=O)[C@H](CC2CC2)CC(=O)[C@H](CCSC)NC(=O)[C@H](CCC(=O)O)NC(=O)CNC1=O. The minimum Gasteiger partial charge on any atom is -0.481 e. The normalized spacial score (nSPS) is 25.7. The number of nitrogens with zero attached hydrogens (tertiary/aromatic N) is 4. The zero-order chi connectivity index (χ0) is 61.6. The number of amides is 9. The molecule has 9 amide bonds. The van der Waals surface area contributed by atoms with Crippen LogP contribution in [0.3, 0.4) is 0 Å². The van der Waals surface area contributed by atoms with E-state index in [1.165, 1.54) is 40.5 Å². The molecule has 26 nitrogen and oxygen atoms in total. The van der Waals surface area contributed by atoms with E-state index in [9.17, 15) is 57.8 Å². The summed E-state index contributed by atoms with van der Waals surface area (Å²) in [5.74, 6) is -8.33. The number of aromatic amines is 1. The molecule has 2 saturated heterocycles. The molecule has 0 aromatic carbocycles. The first-order valence-electron chi connectivity index (χ1n) is 29.0. The molecule has 85 heavy (non-hydrogen) atoms. The molecule has 3 aromatic heterocycles. The van der Waals surface area contributed by atoms with Crippen molar-refractivity contribution >= 4 is 88.0 Å². The molecule has 3 fully saturated rings. The number of carbonyl (C=O) groups excluding carboxylic acids is 10. The van der Waals surface area contributed by atoms with Crippen molar-refractivity contribution in [2.24, 2.45) is 11.8 Å². The van der Waals surface area contributed by atoms with Gasteiger partial charge >= 0.3 is 5.97 Å². The molecular formula is C57H82N14O12S2. The molecule has 1 saturated carbocycles. The van der Waals surface area contributed by atoms with Crippen LogP contribution in [0.4, 0.5) is 0 Å². The number of hydrogen-bond acceptors (Lipinski definition) is 17. The van der Waals surface area contributed by atoms with Gasteiger partial charge in [-0.1, -0.05) is 25.8 Å². The molecule has 11 N–H and O–H groups in total. The molecule has 464 valence electrons. The van der Waals surface area contributed by atoms with E-state index in [4.69, 9.17) is 0 Å². The van der Waals surface area contributed by atoms with E-state index in [2.05, 4.69) is 67.8 Å². The maximum Gasteiger partial charge on any atom is 0.303 e. The monoisotopic (exact) mass is 1220 g/mol. The minimum atomic E-state index is -1.49. The predicted octanol–water partition coefficient (Wildman–Crippen LogP) is 0.375. The van der Waals surface area contributed by atoms with Gasteiger partial charge in [-0.2, -0.15) is 11.8 Å². The Bertz CT molecular complexity index is 2760. The average molecular weight is 1220 g/mol. The van der Waals surface area contributed by atoms with Crippen molar-refractivity contribution in [1.29, 1.82) is 0 Å². The number of carboxylic acids is 1. The average Bonchev–Trinajstić information content (AvgIpc) is 3.90. The van der Waals surface area contributed by atoms with Crippen LogP contribution in [-0.4, -0.2) is 180 Å². The molecule has 9 atom stereocenters. The van der Waals surface area contributed by atoms with Gasteiger partial charge in [0.15, 0.2) is 5.78 Å². The second kappa shape index (κ2) is 32.8. The molecule has 0 radical (unpaired) electrons. The summed E-state index contributed by atoms with van der Waals surface area (Å²) in [4.78, 5) is 171. The van der Waals surface area contributed by atoms with Crippen LogP contribution < -0.4 is 47.9 Å². The summed E-state index contributed by atoms with van der Waals surface area (Å²) in [6.45, 7) is 6.91. The predicted molar refractivity (Wildman–Crippen MR) is 315 cm³/mol. The number of fused-ring (bicyclic) bond motifs is 1. The Morgan fingerprint density at radius 2 is 1.44 bits per heavy atom. The standard InChI is InChI=1S/C57H82N14O12S2/c1-6-38-50(77)61-29-47(73)64-40(15-16-48(74)75)52(79)66-39(17-21-84-5)46(72)24-35(22-33-13-14-33)49(76)67-42(23-34-10-7-18-58-27-34)51(78)60-19-8-11-41(70-57(2,3)4)56(83)71-20-9-12-45(71)55(82)69-44(26-37-30-85-32-63-37)54(81)68-43(53(80)65-38)25-36-28-59-31-62-36/h7,10,18,27-28,30-33,35,38-45,70H,6,8-9,11-17,19-26,29H2,1-5H3,(H,59,62)(H,60,78)(H,61,77)(H,64,73)(H,65,80)(H,66,79)(H,67,76)(H,68,81)(H,69,82)(H,74,75)/t35-,38+,39+,40+,41+,42+,43+,44+,45-/m1/s1. The Hall–Kier alpha value is -7.33. The van der Waals surface area contributed by atoms with Crippen LogP contribution in [-0.2, 0) is 72.0 Å². The molecule has 0 bridgehead atoms. The van der Waals surface area contributed by atoms with E-state index in [0.717, 1.165) is 12.8 Å². The number of aliphatic carboxylic acids is 1. The van der Waals surface area contributed by atoms with E-state index in [1.54, 1.807) is 42.3 Å². The summed E-state index contributed by atoms with van der Waals surface area (Å²) in [5, 5.41) is 36.4. The van der Waals surface area contributed by atoms with Crippen molar-refractivity contribution in [2.45, 2.75) is 178 Å². The Kier molecular flexibility index (Phi) is 25.8. The molecule has 3 aromatic rings. The number of carboxylic acid groups (broad SMARTS) is 1. The zero-order valence-corrected chi connectivity index (χ0v) is 50.5. The van der Waals surface area contributed by atoms with Crippen LogP contribution in [0.2, 0.25) is 0 Å². The Balaban J connectivity index is 1.32. The Morgan fingerprint density at radius 3 is 2.08 bits per heavy atom. The topological polar surface area (TPSA) is 374 Å². The van der Waals surface area contributed by atoms with Crippen LogP contribution >= 0.6 is 23.1 Å². The van der Waals surface area contributed by atoms with Crippen molar-refractivity contribution < 1.29 is 57.8 Å². The number of imidazole rings is 1. The van der Waals surface area contributed by atoms with Crippen molar-refractivity contribution in [3.05, 3.63) is 64.9 Å². The molecule has 1 aliphatic carbocycles. The van der Waals surface area contributed by atoms with Gasteiger partial charge in [-0.15, -0.1) is 11.3 Å². The molecule has 28 heteroatoms. The fourth-order valence-electron chi connectivity index (χ4n) is 10.2. The fourth-order valence-corrected chi connectivity index (χ4v) is 11.3. The molecule has 0 unspecified atom stereocenters. The number of thiazole rings is 1. The van der Waals surface area contributed by atoms with Gasteiger partial charge in [0.1, 0.15) is 36.3 Å². The van der Waals surface area contributed by atoms with Gasteiger partial charge in [-0.25, -0.2) is 9.97 Å². The first kappa shape index (κ1) is 66.8. The van der Waals surface area contributed by atoms with Gasteiger partial charge in [0.05, 0.1) is 36.2 Å². The van der Waals surface area contributed by atoms with E-state index < -0.39 is 138 Å². The summed E-state index contributed by atoms with van der Waals surface area (Å²) in [7, 11) is 0. The van der Waals surface area contributed by atoms with Gasteiger partial charge in [0.25, 0.3) is 0 Å². The number of rotatable bonds is 16. The van der Waals surface area contributed by atoms with E-state index >= 15 is 0 Å². The summed E-state index contributed by atoms with van der Waals surface area (Å²) < 4.78 is 0. The lowest BCUT2D eigenvalue weighted by molar-refractivity contribution is -0.141. The maximum absolute atomic E-state index is 14.7. The number of pyridine rings is 1. The first-order chi connectivity index (χ1) is 40.6. The summed E-state index contributed by atoms with van der Waals surface area (Å²) in [6, 6.07) is -6.05. The quantitative estimate of drug-likeness (QED) is 0.0923. The molecular weight excluding hydrogens is 1140 g/mol. The highest BCUT2D eigenvalue weighted by Crippen LogP contribution is 2.37. The molecule has 2 aliphatic heterocycles. The first-order valence-corrected chi connectivity index (χ1v) is 31.4. The number of aromatic nitrogens is 4. The maximum atomic E-state index is 14.7. The van der Waals surface area contributed by atoms with Gasteiger partial charge in [-0.05, 0) is 102 Å². The minimum absolute atomic E-state index is 0.00837. The van der Waals surface area contributed by atoms with E-state index in [1.807, 2.05) is 27.0 Å². The van der Waals surface area contributed by atoms with Crippen LogP contribution in [0.25, 0.3) is 0 Å². The van der Waals surface area contributed by atoms with Crippen molar-refractivity contribution in [2.75, 3.05) is 31.6 Å². The molecule has 0 spiro atoms. The number of nitrogens with one attached hydrogen (secondary N) is 10. The summed E-state index contributed by atoms with van der Waals surface area (Å²) in [6.07, 6.45) is 9.76. The Labute approximate surface area is 502 Å². The fraction of sp³-hybridized carbons (Fsp3) is 0.614. The number of Topliss-reactive ketones (excluding diaryl/α,β-unsaturated/α-hetero) is 1. The van der Waals surface area contributed by atoms with Gasteiger partial charge < -0.3 is 62.8 Å². The number of thioether (sulfide) groups is 1. The van der Waals surface area contributed by atoms with E-state index in [-0.39, 0.29) is 76.3 Å². The van der Waals surface area contributed by atoms with Gasteiger partial charge in [0.2, 0.25) is 53.2 Å². The highest BCUT2D eigenvalue weighted by Gasteiger charge is 2.41. The summed E-state index contributed by atoms with van der Waals surface area (Å²) in [5.41, 5.74) is 2.54. The van der Waals surface area contributed by atoms with Crippen molar-refractivity contribution in [3.63, 3.8) is 0 Å². The van der Waals surface area contributed by atoms with Crippen molar-refractivity contribution in [1.82, 2.24) is 72.7 Å². The Morgan fingerprint density at radius 1 is 0.753 bits per heavy atom. The second-order valence-electron chi connectivity index (χ2n) is 22.9. The zero-order valence-electron chi connectivity index (χ0n) is 48.9. The third-order valence-electron chi connectivity index (χ3n) is 14.9. The van der Waals surface area contributed by atoms with Crippen molar-refractivity contribution in [3.8, 4) is 0 Å². The third-order valence-corrected chi connectivity index (χ3v) is 16.1. The molecule has 6 rings (SSSR count). The smallest absolute Gasteiger partial charge is 0.303 e. The second-order valence-corrected chi connectivity index (χ2v) is 24.6. The van der Waals surface area contributed by atoms with Gasteiger partial charge in [0, 0.05) is 86.3 Å².